The molecule has 0 aliphatic carbocycles. The molecule has 2 amide bonds. The van der Waals surface area contributed by atoms with E-state index in [0.717, 1.165) is 0 Å². The molecule has 0 bridgehead atoms. The molecule has 0 fully saturated rings. The number of amides is 2. The molecule has 0 spiro atoms. The van der Waals surface area contributed by atoms with Gasteiger partial charge in [0.25, 0.3) is 10.0 Å². The Balaban J connectivity index is 1.54. The molecule has 0 aliphatic heterocycles. The molecule has 3 aromatic carbocycles. The Labute approximate surface area is 233 Å². The molecule has 11 heteroatoms. The van der Waals surface area contributed by atoms with Crippen LogP contribution in [-0.4, -0.2) is 43.0 Å². The summed E-state index contributed by atoms with van der Waals surface area (Å²) in [5.41, 5.74) is 1.73. The van der Waals surface area contributed by atoms with E-state index < -0.39 is 21.9 Å². The first-order valence-corrected chi connectivity index (χ1v) is 14.2. The number of hydrogen-bond acceptors (Lipinski definition) is 5. The standard InChI is InChI=1S/C29H32FN5O4S/c1-29(2,3)39-19-7-18-35(40(37,38)27-20-31-34(21-27)25-14-10-22(30)11-15-25)26-16-12-24(13-17-26)33-28(36)32-23-8-5-4-6-9-23/h4-6,8-17,20-21H,7,18-19H2,1-3H3,(H2,32,33,36). The summed E-state index contributed by atoms with van der Waals surface area (Å²) in [4.78, 5) is 12.4. The van der Waals surface area contributed by atoms with Gasteiger partial charge in [-0.3, -0.25) is 4.31 Å². The number of ether oxygens (including phenoxy) is 1. The van der Waals surface area contributed by atoms with E-state index in [-0.39, 0.29) is 17.0 Å². The first-order valence-electron chi connectivity index (χ1n) is 12.7. The number of aromatic nitrogens is 2. The zero-order chi connectivity index (χ0) is 28.8. The summed E-state index contributed by atoms with van der Waals surface area (Å²) in [7, 11) is -4.02. The fourth-order valence-corrected chi connectivity index (χ4v) is 5.24. The van der Waals surface area contributed by atoms with Crippen molar-refractivity contribution >= 4 is 33.1 Å². The minimum atomic E-state index is -4.02. The van der Waals surface area contributed by atoms with Gasteiger partial charge in [0.05, 0.1) is 29.4 Å². The molecular weight excluding hydrogens is 533 g/mol. The third kappa shape index (κ3) is 7.67. The Bertz CT molecular complexity index is 1520. The van der Waals surface area contributed by atoms with Gasteiger partial charge in [0.2, 0.25) is 0 Å². The quantitative estimate of drug-likeness (QED) is 0.228. The molecule has 1 aromatic heterocycles. The number of hydrogen-bond donors (Lipinski definition) is 2. The second kappa shape index (κ2) is 12.3. The second-order valence-electron chi connectivity index (χ2n) is 9.98. The number of nitrogens with zero attached hydrogens (tertiary/aromatic N) is 3. The van der Waals surface area contributed by atoms with Crippen LogP contribution in [0.5, 0.6) is 0 Å². The van der Waals surface area contributed by atoms with Gasteiger partial charge >= 0.3 is 6.03 Å². The Morgan fingerprint density at radius 2 is 1.57 bits per heavy atom. The lowest BCUT2D eigenvalue weighted by atomic mass is 10.2. The largest absolute Gasteiger partial charge is 0.376 e. The topological polar surface area (TPSA) is 106 Å². The molecule has 4 rings (SSSR count). The van der Waals surface area contributed by atoms with Gasteiger partial charge in [0, 0.05) is 24.5 Å². The molecule has 9 nitrogen and oxygen atoms in total. The van der Waals surface area contributed by atoms with Gasteiger partial charge in [-0.15, -0.1) is 0 Å². The number of sulfonamides is 1. The van der Waals surface area contributed by atoms with Gasteiger partial charge in [0.15, 0.2) is 0 Å². The molecular formula is C29H32FN5O4S. The van der Waals surface area contributed by atoms with Crippen LogP contribution >= 0.6 is 0 Å². The third-order valence-corrected chi connectivity index (χ3v) is 7.50. The Kier molecular flexibility index (Phi) is 8.86. The lowest BCUT2D eigenvalue weighted by molar-refractivity contribution is -0.00302. The van der Waals surface area contributed by atoms with Crippen molar-refractivity contribution < 1.29 is 22.3 Å². The normalized spacial score (nSPS) is 11.7. The van der Waals surface area contributed by atoms with Gasteiger partial charge in [-0.2, -0.15) is 5.10 Å². The summed E-state index contributed by atoms with van der Waals surface area (Å²) >= 11 is 0. The molecule has 1 heterocycles. The Hall–Kier alpha value is -4.22. The van der Waals surface area contributed by atoms with E-state index >= 15 is 0 Å². The highest BCUT2D eigenvalue weighted by Gasteiger charge is 2.27. The lowest BCUT2D eigenvalue weighted by Gasteiger charge is -2.25. The van der Waals surface area contributed by atoms with Crippen LogP contribution in [0.3, 0.4) is 0 Å². The maximum Gasteiger partial charge on any atom is 0.323 e. The summed E-state index contributed by atoms with van der Waals surface area (Å²) in [6, 6.07) is 20.7. The van der Waals surface area contributed by atoms with Crippen molar-refractivity contribution in [2.75, 3.05) is 28.1 Å². The van der Waals surface area contributed by atoms with Crippen molar-refractivity contribution in [3.63, 3.8) is 0 Å². The van der Waals surface area contributed by atoms with E-state index in [2.05, 4.69) is 15.7 Å². The van der Waals surface area contributed by atoms with Crippen LogP contribution in [0, 0.1) is 5.82 Å². The van der Waals surface area contributed by atoms with E-state index in [4.69, 9.17) is 4.74 Å². The molecule has 0 saturated carbocycles. The molecule has 40 heavy (non-hydrogen) atoms. The number of anilines is 3. The van der Waals surface area contributed by atoms with Crippen molar-refractivity contribution in [1.29, 1.82) is 0 Å². The number of rotatable bonds is 10. The minimum Gasteiger partial charge on any atom is -0.376 e. The van der Waals surface area contributed by atoms with Crippen LogP contribution in [-0.2, 0) is 14.8 Å². The maximum absolute atomic E-state index is 13.8. The average molecular weight is 566 g/mol. The molecule has 0 atom stereocenters. The first kappa shape index (κ1) is 28.8. The van der Waals surface area contributed by atoms with Gasteiger partial charge in [0.1, 0.15) is 10.7 Å². The summed E-state index contributed by atoms with van der Waals surface area (Å²) in [5.74, 6) is -0.400. The molecule has 0 unspecified atom stereocenters. The second-order valence-corrected chi connectivity index (χ2v) is 11.8. The highest BCUT2D eigenvalue weighted by Crippen LogP contribution is 2.26. The van der Waals surface area contributed by atoms with Crippen LogP contribution in [0.1, 0.15) is 27.2 Å². The van der Waals surface area contributed by atoms with E-state index in [0.29, 0.717) is 35.8 Å². The van der Waals surface area contributed by atoms with Gasteiger partial charge in [-0.05, 0) is 87.9 Å². The molecule has 210 valence electrons. The monoisotopic (exact) mass is 565 g/mol. The highest BCUT2D eigenvalue weighted by atomic mass is 32.2. The fraction of sp³-hybridized carbons (Fsp3) is 0.241. The Morgan fingerprint density at radius 3 is 2.20 bits per heavy atom. The van der Waals surface area contributed by atoms with Crippen molar-refractivity contribution in [3.8, 4) is 5.69 Å². The zero-order valence-electron chi connectivity index (χ0n) is 22.5. The molecule has 0 radical (unpaired) electrons. The zero-order valence-corrected chi connectivity index (χ0v) is 23.4. The number of carbonyl (C=O) groups excluding carboxylic acids is 1. The Morgan fingerprint density at radius 1 is 0.950 bits per heavy atom. The van der Waals surface area contributed by atoms with Crippen molar-refractivity contribution in [2.24, 2.45) is 0 Å². The van der Waals surface area contributed by atoms with Crippen molar-refractivity contribution in [1.82, 2.24) is 9.78 Å². The summed E-state index contributed by atoms with van der Waals surface area (Å²) < 4.78 is 49.4. The third-order valence-electron chi connectivity index (χ3n) is 5.72. The maximum atomic E-state index is 13.8. The fourth-order valence-electron chi connectivity index (χ4n) is 3.80. The average Bonchev–Trinajstić information content (AvgIpc) is 3.41. The highest BCUT2D eigenvalue weighted by molar-refractivity contribution is 7.92. The predicted molar refractivity (Wildman–Crippen MR) is 154 cm³/mol. The summed E-state index contributed by atoms with van der Waals surface area (Å²) in [6.45, 7) is 6.33. The lowest BCUT2D eigenvalue weighted by Crippen LogP contribution is -2.33. The molecule has 0 saturated heterocycles. The van der Waals surface area contributed by atoms with Crippen molar-refractivity contribution in [3.05, 3.63) is 97.1 Å². The SMILES string of the molecule is CC(C)(C)OCCCN(c1ccc(NC(=O)Nc2ccccc2)cc1)S(=O)(=O)c1cnn(-c2ccc(F)cc2)c1. The van der Waals surface area contributed by atoms with E-state index in [1.165, 1.54) is 45.6 Å². The number of nitrogens with one attached hydrogen (secondary N) is 2. The number of urea groups is 1. The van der Waals surface area contributed by atoms with E-state index in [9.17, 15) is 17.6 Å². The van der Waals surface area contributed by atoms with Gasteiger partial charge in [-0.25, -0.2) is 22.3 Å². The van der Waals surface area contributed by atoms with Crippen molar-refractivity contribution in [2.45, 2.75) is 37.7 Å². The number of carbonyl (C=O) groups is 1. The van der Waals surface area contributed by atoms with Crippen LogP contribution in [0.25, 0.3) is 5.69 Å². The van der Waals surface area contributed by atoms with Crippen LogP contribution in [0.4, 0.5) is 26.2 Å². The van der Waals surface area contributed by atoms with Crippen LogP contribution < -0.4 is 14.9 Å². The predicted octanol–water partition coefficient (Wildman–Crippen LogP) is 6.06. The van der Waals surface area contributed by atoms with Gasteiger partial charge in [-0.1, -0.05) is 18.2 Å². The number of para-hydroxylation sites is 1. The number of benzene rings is 3. The summed E-state index contributed by atoms with van der Waals surface area (Å²) in [5, 5.41) is 9.66. The molecule has 4 aromatic rings. The number of halogens is 1. The van der Waals surface area contributed by atoms with E-state index in [1.54, 1.807) is 36.4 Å². The van der Waals surface area contributed by atoms with Crippen LogP contribution in [0.15, 0.2) is 96.2 Å². The smallest absolute Gasteiger partial charge is 0.323 e. The molecule has 2 N–H and O–H groups in total. The summed E-state index contributed by atoms with van der Waals surface area (Å²) in [6.07, 6.45) is 3.11. The first-order chi connectivity index (χ1) is 19.0. The van der Waals surface area contributed by atoms with Gasteiger partial charge < -0.3 is 15.4 Å². The van der Waals surface area contributed by atoms with Crippen LogP contribution in [0.2, 0.25) is 0 Å². The molecule has 0 aliphatic rings. The van der Waals surface area contributed by atoms with E-state index in [1.807, 2.05) is 39.0 Å². The minimum absolute atomic E-state index is 0.0157.